The summed E-state index contributed by atoms with van der Waals surface area (Å²) in [6.45, 7) is 6.96. The van der Waals surface area contributed by atoms with Crippen LogP contribution in [0.4, 0.5) is 5.82 Å². The molecule has 0 fully saturated rings. The molecule has 5 heteroatoms. The van der Waals surface area contributed by atoms with Gasteiger partial charge in [0.1, 0.15) is 5.82 Å². The van der Waals surface area contributed by atoms with Gasteiger partial charge in [-0.15, -0.1) is 0 Å². The van der Waals surface area contributed by atoms with Crippen molar-refractivity contribution < 1.29 is 0 Å². The Morgan fingerprint density at radius 2 is 2.12 bits per heavy atom. The van der Waals surface area contributed by atoms with Crippen LogP contribution in [0.2, 0.25) is 0 Å². The fraction of sp³-hybridized carbons (Fsp3) is 0.545. The molecule has 1 unspecified atom stereocenters. The van der Waals surface area contributed by atoms with E-state index in [9.17, 15) is 0 Å². The number of hydrogen-bond donors (Lipinski definition) is 2. The van der Waals surface area contributed by atoms with Gasteiger partial charge in [-0.05, 0) is 50.8 Å². The monoisotopic (exact) mass is 349 g/mol. The number of nitrogens with zero attached hydrogens (tertiary/aromatic N) is 1. The Bertz CT molecular complexity index is 368. The molecule has 0 bridgehead atoms. The predicted molar refractivity (Wildman–Crippen MR) is 75.6 cm³/mol. The fourth-order valence-electron chi connectivity index (χ4n) is 1.21. The lowest BCUT2D eigenvalue weighted by molar-refractivity contribution is 0.381. The third kappa shape index (κ3) is 3.18. The number of aromatic nitrogens is 1. The van der Waals surface area contributed by atoms with Crippen LogP contribution in [0, 0.1) is 5.92 Å². The van der Waals surface area contributed by atoms with Crippen LogP contribution in [-0.4, -0.2) is 17.1 Å². The lowest BCUT2D eigenvalue weighted by atomic mass is 9.88. The zero-order valence-corrected chi connectivity index (χ0v) is 12.9. The third-order valence-corrected chi connectivity index (χ3v) is 3.95. The van der Waals surface area contributed by atoms with Gasteiger partial charge in [0.15, 0.2) is 0 Å². The molecule has 1 rings (SSSR count). The number of hydrogen-bond acceptors (Lipinski definition) is 3. The summed E-state index contributed by atoms with van der Waals surface area (Å²) in [5.41, 5.74) is 5.67. The molecule has 0 aliphatic rings. The third-order valence-electron chi connectivity index (χ3n) is 2.91. The van der Waals surface area contributed by atoms with Gasteiger partial charge < -0.3 is 11.1 Å². The van der Waals surface area contributed by atoms with E-state index in [0.29, 0.717) is 12.5 Å². The summed E-state index contributed by atoms with van der Waals surface area (Å²) in [5.74, 6) is 1.25. The predicted octanol–water partition coefficient (Wildman–Crippen LogP) is 3.39. The Morgan fingerprint density at radius 1 is 1.50 bits per heavy atom. The molecule has 3 nitrogen and oxygen atoms in total. The van der Waals surface area contributed by atoms with Gasteiger partial charge in [0.25, 0.3) is 0 Å². The van der Waals surface area contributed by atoms with E-state index in [1.165, 1.54) is 0 Å². The van der Waals surface area contributed by atoms with Crippen molar-refractivity contribution >= 4 is 37.7 Å². The van der Waals surface area contributed by atoms with Gasteiger partial charge >= 0.3 is 0 Å². The molecule has 0 aromatic carbocycles. The second-order valence-corrected chi connectivity index (χ2v) is 6.16. The topological polar surface area (TPSA) is 50.9 Å². The second kappa shape index (κ2) is 5.47. The van der Waals surface area contributed by atoms with Crippen molar-refractivity contribution in [2.24, 2.45) is 11.7 Å². The molecule has 90 valence electrons. The maximum atomic E-state index is 5.82. The summed E-state index contributed by atoms with van der Waals surface area (Å²) < 4.78 is 1.88. The van der Waals surface area contributed by atoms with E-state index in [1.807, 2.05) is 6.07 Å². The first kappa shape index (κ1) is 13.9. The van der Waals surface area contributed by atoms with Crippen molar-refractivity contribution in [1.82, 2.24) is 4.98 Å². The molecule has 1 aromatic heterocycles. The van der Waals surface area contributed by atoms with Gasteiger partial charge in [0.2, 0.25) is 0 Å². The number of halogens is 2. The zero-order chi connectivity index (χ0) is 12.3. The molecule has 0 spiro atoms. The van der Waals surface area contributed by atoms with E-state index in [1.54, 1.807) is 6.20 Å². The molecule has 3 N–H and O–H groups in total. The van der Waals surface area contributed by atoms with Gasteiger partial charge in [0, 0.05) is 17.2 Å². The molecule has 0 saturated heterocycles. The molecule has 16 heavy (non-hydrogen) atoms. The Kier molecular flexibility index (Phi) is 4.76. The van der Waals surface area contributed by atoms with Crippen LogP contribution in [0.25, 0.3) is 0 Å². The zero-order valence-electron chi connectivity index (χ0n) is 9.72. The molecule has 1 aromatic rings. The summed E-state index contributed by atoms with van der Waals surface area (Å²) >= 11 is 6.86. The molecule has 0 saturated carbocycles. The summed E-state index contributed by atoms with van der Waals surface area (Å²) in [4.78, 5) is 4.33. The van der Waals surface area contributed by atoms with E-state index < -0.39 is 0 Å². The van der Waals surface area contributed by atoms with Crippen LogP contribution < -0.4 is 11.1 Å². The molecule has 0 aliphatic carbocycles. The van der Waals surface area contributed by atoms with Crippen LogP contribution in [0.1, 0.15) is 20.8 Å². The van der Waals surface area contributed by atoms with Crippen molar-refractivity contribution in [2.45, 2.75) is 26.3 Å². The minimum Gasteiger partial charge on any atom is -0.362 e. The largest absolute Gasteiger partial charge is 0.362 e. The number of nitrogens with two attached hydrogens (primary N) is 1. The molecule has 0 radical (unpaired) electrons. The Hall–Kier alpha value is -0.130. The van der Waals surface area contributed by atoms with E-state index in [2.05, 4.69) is 62.9 Å². The standard InChI is InChI=1S/C11H17Br2N3/c1-7(2)11(3,6-14)16-10-9(13)4-8(12)5-15-10/h4-5,7H,6,14H2,1-3H3,(H,15,16). The fourth-order valence-corrected chi connectivity index (χ4v) is 2.29. The molecule has 1 heterocycles. The van der Waals surface area contributed by atoms with Gasteiger partial charge in [-0.25, -0.2) is 4.98 Å². The molecule has 0 amide bonds. The lowest BCUT2D eigenvalue weighted by Crippen LogP contribution is -2.47. The van der Waals surface area contributed by atoms with Crippen molar-refractivity contribution in [1.29, 1.82) is 0 Å². The van der Waals surface area contributed by atoms with E-state index in [0.717, 1.165) is 14.8 Å². The first-order valence-electron chi connectivity index (χ1n) is 5.18. The van der Waals surface area contributed by atoms with Crippen LogP contribution in [0.5, 0.6) is 0 Å². The molecule has 0 aliphatic heterocycles. The highest BCUT2D eigenvalue weighted by Gasteiger charge is 2.27. The van der Waals surface area contributed by atoms with Gasteiger partial charge in [0.05, 0.1) is 10.0 Å². The smallest absolute Gasteiger partial charge is 0.140 e. The quantitative estimate of drug-likeness (QED) is 0.875. The maximum absolute atomic E-state index is 5.82. The summed E-state index contributed by atoms with van der Waals surface area (Å²) in [6, 6.07) is 1.96. The first-order valence-corrected chi connectivity index (χ1v) is 6.77. The number of nitrogens with one attached hydrogen (secondary N) is 1. The molecular weight excluding hydrogens is 334 g/mol. The van der Waals surface area contributed by atoms with E-state index in [-0.39, 0.29) is 5.54 Å². The lowest BCUT2D eigenvalue weighted by Gasteiger charge is -2.34. The Morgan fingerprint density at radius 3 is 2.56 bits per heavy atom. The van der Waals surface area contributed by atoms with Crippen LogP contribution in [0.3, 0.4) is 0 Å². The minimum atomic E-state index is -0.149. The highest BCUT2D eigenvalue weighted by atomic mass is 79.9. The highest BCUT2D eigenvalue weighted by Crippen LogP contribution is 2.28. The van der Waals surface area contributed by atoms with Crippen LogP contribution in [-0.2, 0) is 0 Å². The Balaban J connectivity index is 2.95. The number of rotatable bonds is 4. The van der Waals surface area contributed by atoms with E-state index in [4.69, 9.17) is 5.73 Å². The SMILES string of the molecule is CC(C)C(C)(CN)Nc1ncc(Br)cc1Br. The van der Waals surface area contributed by atoms with E-state index >= 15 is 0 Å². The average molecular weight is 351 g/mol. The van der Waals surface area contributed by atoms with Crippen molar-refractivity contribution in [3.05, 3.63) is 21.2 Å². The summed E-state index contributed by atoms with van der Waals surface area (Å²) in [7, 11) is 0. The number of pyridine rings is 1. The number of anilines is 1. The van der Waals surface area contributed by atoms with Crippen molar-refractivity contribution in [3.8, 4) is 0 Å². The summed E-state index contributed by atoms with van der Waals surface area (Å²) in [6.07, 6.45) is 1.77. The van der Waals surface area contributed by atoms with Crippen LogP contribution in [0.15, 0.2) is 21.2 Å². The first-order chi connectivity index (χ1) is 7.39. The summed E-state index contributed by atoms with van der Waals surface area (Å²) in [5, 5.41) is 3.40. The highest BCUT2D eigenvalue weighted by molar-refractivity contribution is 9.11. The Labute approximate surface area is 113 Å². The van der Waals surface area contributed by atoms with Crippen molar-refractivity contribution in [3.63, 3.8) is 0 Å². The maximum Gasteiger partial charge on any atom is 0.140 e. The normalized spacial score (nSPS) is 14.9. The van der Waals surface area contributed by atoms with Gasteiger partial charge in [-0.1, -0.05) is 13.8 Å². The molecular formula is C11H17Br2N3. The van der Waals surface area contributed by atoms with Crippen LogP contribution >= 0.6 is 31.9 Å². The van der Waals surface area contributed by atoms with Gasteiger partial charge in [-0.3, -0.25) is 0 Å². The molecule has 1 atom stereocenters. The minimum absolute atomic E-state index is 0.149. The average Bonchev–Trinajstić information content (AvgIpc) is 2.22. The second-order valence-electron chi connectivity index (χ2n) is 4.39. The van der Waals surface area contributed by atoms with Crippen molar-refractivity contribution in [2.75, 3.05) is 11.9 Å². The van der Waals surface area contributed by atoms with Gasteiger partial charge in [-0.2, -0.15) is 0 Å².